The first kappa shape index (κ1) is 19.4. The lowest BCUT2D eigenvalue weighted by Gasteiger charge is -2.14. The molecule has 0 aliphatic carbocycles. The second-order valence-corrected chi connectivity index (χ2v) is 10.2. The zero-order chi connectivity index (χ0) is 18.9. The first-order chi connectivity index (χ1) is 11.4. The number of benzene rings is 2. The summed E-state index contributed by atoms with van der Waals surface area (Å²) >= 11 is 0. The standard InChI is InChI=1S/C13H13O9PS2/c1-23(16,21-24(17,18)12-8-4-2-6-10(12)14)22-25(19,20)13-9-5-3-7-11(13)15/h2-9,14-15H,1H3. The first-order valence-corrected chi connectivity index (χ1v) is 11.3. The molecule has 0 fully saturated rings. The summed E-state index contributed by atoms with van der Waals surface area (Å²) in [6, 6.07) is 9.29. The second-order valence-electron chi connectivity index (χ2n) is 4.76. The molecule has 0 spiro atoms. The summed E-state index contributed by atoms with van der Waals surface area (Å²) < 4.78 is 69.3. The Balaban J connectivity index is 2.33. The van der Waals surface area contributed by atoms with Gasteiger partial charge in [0.05, 0.1) is 0 Å². The minimum atomic E-state index is -4.78. The van der Waals surface area contributed by atoms with E-state index in [-0.39, 0.29) is 0 Å². The van der Waals surface area contributed by atoms with Crippen LogP contribution in [-0.2, 0) is 32.7 Å². The number of phenolic OH excluding ortho intramolecular Hbond substituents is 2. The highest BCUT2D eigenvalue weighted by molar-refractivity contribution is 7.95. The minimum absolute atomic E-state index is 0.627. The van der Waals surface area contributed by atoms with Crippen molar-refractivity contribution in [3.8, 4) is 11.5 Å². The van der Waals surface area contributed by atoms with Crippen LogP contribution in [0.3, 0.4) is 0 Å². The first-order valence-electron chi connectivity index (χ1n) is 6.51. The summed E-state index contributed by atoms with van der Waals surface area (Å²) in [7, 11) is -14.3. The molecule has 0 heterocycles. The SMILES string of the molecule is CP(=O)(OS(=O)(=O)c1ccccc1O)OS(=O)(=O)c1ccccc1O. The van der Waals surface area contributed by atoms with Crippen LogP contribution in [0.2, 0.25) is 0 Å². The number of aromatic hydroxyl groups is 2. The molecule has 136 valence electrons. The molecule has 0 aliphatic heterocycles. The Hall–Kier alpha value is -1.91. The highest BCUT2D eigenvalue weighted by Crippen LogP contribution is 2.50. The topological polar surface area (TPSA) is 144 Å². The van der Waals surface area contributed by atoms with Crippen LogP contribution in [-0.4, -0.2) is 33.7 Å². The van der Waals surface area contributed by atoms with Crippen LogP contribution in [0, 0.1) is 0 Å². The van der Waals surface area contributed by atoms with Gasteiger partial charge in [0.25, 0.3) is 0 Å². The van der Waals surface area contributed by atoms with Crippen molar-refractivity contribution < 1.29 is 39.6 Å². The average molecular weight is 408 g/mol. The van der Waals surface area contributed by atoms with Gasteiger partial charge in [-0.25, -0.2) is 0 Å². The largest absolute Gasteiger partial charge is 0.506 e. The van der Waals surface area contributed by atoms with Gasteiger partial charge in [-0.3, -0.25) is 4.57 Å². The number of rotatable bonds is 6. The normalized spacial score (nSPS) is 12.8. The molecule has 0 saturated carbocycles. The van der Waals surface area contributed by atoms with Crippen molar-refractivity contribution >= 4 is 27.8 Å². The summed E-state index contributed by atoms with van der Waals surface area (Å²) in [6.07, 6.45) is 0. The van der Waals surface area contributed by atoms with Gasteiger partial charge < -0.3 is 10.2 Å². The third kappa shape index (κ3) is 4.59. The lowest BCUT2D eigenvalue weighted by atomic mass is 10.3. The van der Waals surface area contributed by atoms with Gasteiger partial charge in [-0.1, -0.05) is 24.3 Å². The Morgan fingerprint density at radius 3 is 1.40 bits per heavy atom. The van der Waals surface area contributed by atoms with Gasteiger partial charge in [-0.05, 0) is 24.3 Å². The molecule has 2 rings (SSSR count). The Morgan fingerprint density at radius 1 is 0.760 bits per heavy atom. The average Bonchev–Trinajstić information content (AvgIpc) is 2.45. The van der Waals surface area contributed by atoms with Crippen molar-refractivity contribution in [1.82, 2.24) is 0 Å². The summed E-state index contributed by atoms with van der Waals surface area (Å²) in [5.74, 6) is -1.35. The molecule has 0 bridgehead atoms. The van der Waals surface area contributed by atoms with Crippen LogP contribution < -0.4 is 0 Å². The molecule has 2 aromatic carbocycles. The van der Waals surface area contributed by atoms with Gasteiger partial charge >= 0.3 is 27.8 Å². The maximum Gasteiger partial charge on any atom is 0.357 e. The molecule has 9 nitrogen and oxygen atoms in total. The van der Waals surface area contributed by atoms with E-state index in [1.54, 1.807) is 0 Å². The van der Waals surface area contributed by atoms with Crippen molar-refractivity contribution in [1.29, 1.82) is 0 Å². The summed E-state index contributed by atoms with van der Waals surface area (Å²) in [5, 5.41) is 19.1. The van der Waals surface area contributed by atoms with Gasteiger partial charge in [0.15, 0.2) is 0 Å². The fraction of sp³-hybridized carbons (Fsp3) is 0.0769. The lowest BCUT2D eigenvalue weighted by molar-refractivity contribution is 0.381. The lowest BCUT2D eigenvalue weighted by Crippen LogP contribution is -2.10. The van der Waals surface area contributed by atoms with E-state index in [1.807, 2.05) is 0 Å². The van der Waals surface area contributed by atoms with Gasteiger partial charge in [0.2, 0.25) is 0 Å². The Labute approximate surface area is 144 Å². The fourth-order valence-electron chi connectivity index (χ4n) is 1.79. The van der Waals surface area contributed by atoms with E-state index in [0.29, 0.717) is 6.66 Å². The van der Waals surface area contributed by atoms with Crippen LogP contribution in [0.25, 0.3) is 0 Å². The van der Waals surface area contributed by atoms with E-state index in [9.17, 15) is 31.6 Å². The van der Waals surface area contributed by atoms with Crippen molar-refractivity contribution in [2.75, 3.05) is 6.66 Å². The van der Waals surface area contributed by atoms with Crippen molar-refractivity contribution in [2.24, 2.45) is 0 Å². The maximum absolute atomic E-state index is 12.2. The van der Waals surface area contributed by atoms with Gasteiger partial charge in [0.1, 0.15) is 21.3 Å². The molecule has 0 atom stereocenters. The molecule has 2 aromatic rings. The van der Waals surface area contributed by atoms with Gasteiger partial charge in [-0.2, -0.15) is 24.8 Å². The van der Waals surface area contributed by atoms with E-state index in [4.69, 9.17) is 0 Å². The Kier molecular flexibility index (Phi) is 5.26. The summed E-state index contributed by atoms with van der Waals surface area (Å²) in [6.45, 7) is 0.627. The monoisotopic (exact) mass is 408 g/mol. The molecule has 2 N–H and O–H groups in total. The number of phenols is 2. The molecule has 0 saturated heterocycles. The number of hydrogen-bond acceptors (Lipinski definition) is 9. The van der Waals surface area contributed by atoms with E-state index >= 15 is 0 Å². The smallest absolute Gasteiger partial charge is 0.357 e. The van der Waals surface area contributed by atoms with Crippen LogP contribution in [0.5, 0.6) is 11.5 Å². The molecule has 0 radical (unpaired) electrons. The van der Waals surface area contributed by atoms with Crippen molar-refractivity contribution in [3.63, 3.8) is 0 Å². The van der Waals surface area contributed by atoms with E-state index in [1.165, 1.54) is 24.3 Å². The predicted octanol–water partition coefficient (Wildman–Crippen LogP) is 2.03. The quantitative estimate of drug-likeness (QED) is 0.686. The second kappa shape index (κ2) is 6.77. The van der Waals surface area contributed by atoms with E-state index in [2.05, 4.69) is 7.94 Å². The van der Waals surface area contributed by atoms with Crippen LogP contribution >= 0.6 is 7.60 Å². The molecule has 12 heteroatoms. The molecule has 25 heavy (non-hydrogen) atoms. The van der Waals surface area contributed by atoms with Gasteiger partial charge in [-0.15, -0.1) is 0 Å². The number of hydrogen-bond donors (Lipinski definition) is 2. The summed E-state index contributed by atoms with van der Waals surface area (Å²) in [5.41, 5.74) is 0. The molecule has 0 amide bonds. The van der Waals surface area contributed by atoms with Crippen LogP contribution in [0.1, 0.15) is 0 Å². The highest BCUT2D eigenvalue weighted by Gasteiger charge is 2.36. The fourth-order valence-corrected chi connectivity index (χ4v) is 6.74. The molecule has 0 aliphatic rings. The Bertz CT molecular complexity index is 963. The highest BCUT2D eigenvalue weighted by atomic mass is 32.2. The van der Waals surface area contributed by atoms with Gasteiger partial charge in [0, 0.05) is 6.66 Å². The van der Waals surface area contributed by atoms with Crippen LogP contribution in [0.4, 0.5) is 0 Å². The maximum atomic E-state index is 12.2. The summed E-state index contributed by atoms with van der Waals surface area (Å²) in [4.78, 5) is -1.42. The zero-order valence-electron chi connectivity index (χ0n) is 12.6. The number of para-hydroxylation sites is 2. The Morgan fingerprint density at radius 2 is 1.08 bits per heavy atom. The van der Waals surface area contributed by atoms with Crippen LogP contribution in [0.15, 0.2) is 58.3 Å². The molecule has 0 aromatic heterocycles. The zero-order valence-corrected chi connectivity index (χ0v) is 15.2. The molecular weight excluding hydrogens is 395 g/mol. The minimum Gasteiger partial charge on any atom is -0.506 e. The molecular formula is C13H13O9PS2. The van der Waals surface area contributed by atoms with Crippen molar-refractivity contribution in [3.05, 3.63) is 48.5 Å². The third-order valence-electron chi connectivity index (χ3n) is 2.74. The van der Waals surface area contributed by atoms with E-state index < -0.39 is 49.1 Å². The van der Waals surface area contributed by atoms with Crippen molar-refractivity contribution in [2.45, 2.75) is 9.79 Å². The predicted molar refractivity (Wildman–Crippen MR) is 86.3 cm³/mol. The molecule has 0 unspecified atom stereocenters. The van der Waals surface area contributed by atoms with E-state index in [0.717, 1.165) is 24.3 Å². The third-order valence-corrected chi connectivity index (χ3v) is 8.24.